The van der Waals surface area contributed by atoms with Gasteiger partial charge in [0.25, 0.3) is 0 Å². The third-order valence-corrected chi connectivity index (χ3v) is 5.29. The van der Waals surface area contributed by atoms with Crippen molar-refractivity contribution in [2.45, 2.75) is 25.6 Å². The normalized spacial score (nSPS) is 15.4. The van der Waals surface area contributed by atoms with Crippen molar-refractivity contribution in [1.82, 2.24) is 25.2 Å². The smallest absolute Gasteiger partial charge is 0.101 e. The van der Waals surface area contributed by atoms with Crippen molar-refractivity contribution < 1.29 is 0 Å². The van der Waals surface area contributed by atoms with Gasteiger partial charge in [-0.05, 0) is 49.4 Å². The van der Waals surface area contributed by atoms with Crippen molar-refractivity contribution in [1.29, 1.82) is 0 Å². The lowest BCUT2D eigenvalue weighted by Crippen LogP contribution is -2.49. The fraction of sp³-hybridized carbons (Fsp3) is 0.208. The minimum Gasteiger partial charge on any atom is -0.383 e. The van der Waals surface area contributed by atoms with Crippen LogP contribution in [0.1, 0.15) is 24.0 Å². The molecule has 1 atom stereocenters. The highest BCUT2D eigenvalue weighted by Crippen LogP contribution is 2.36. The molecule has 0 aromatic carbocycles. The van der Waals surface area contributed by atoms with Gasteiger partial charge in [-0.15, -0.1) is 0 Å². The Morgan fingerprint density at radius 3 is 1.97 bits per heavy atom. The van der Waals surface area contributed by atoms with E-state index in [0.717, 1.165) is 29.3 Å². The SMILES string of the molecule is CC(C1=CC=CCN1)(c1ccccn1)N(Cc1ccccn1)Cc1ccccn1. The molecule has 0 saturated heterocycles. The summed E-state index contributed by atoms with van der Waals surface area (Å²) in [5.41, 5.74) is 3.66. The van der Waals surface area contributed by atoms with Gasteiger partial charge in [-0.1, -0.05) is 30.4 Å². The maximum Gasteiger partial charge on any atom is 0.101 e. The summed E-state index contributed by atoms with van der Waals surface area (Å²) < 4.78 is 0. The summed E-state index contributed by atoms with van der Waals surface area (Å²) in [5.74, 6) is 0. The zero-order valence-electron chi connectivity index (χ0n) is 16.6. The lowest BCUT2D eigenvalue weighted by atomic mass is 9.88. The Bertz CT molecular complexity index is 928. The number of aromatic nitrogens is 3. The van der Waals surface area contributed by atoms with E-state index in [4.69, 9.17) is 4.98 Å². The molecule has 0 aliphatic carbocycles. The van der Waals surface area contributed by atoms with E-state index >= 15 is 0 Å². The molecule has 0 radical (unpaired) electrons. The van der Waals surface area contributed by atoms with Crippen molar-refractivity contribution in [3.05, 3.63) is 114 Å². The standard InChI is InChI=1S/C24H25N5/c1-24(22-12-4-8-16-27-22,23-13-5-9-17-28-23)29(18-20-10-2-6-14-25-20)19-21-11-3-7-15-26-21/h2-16,28H,17-19H2,1H3. The Hall–Kier alpha value is -3.31. The van der Waals surface area contributed by atoms with Crippen LogP contribution in [0, 0.1) is 0 Å². The molecule has 0 amide bonds. The number of hydrogen-bond donors (Lipinski definition) is 1. The molecule has 5 nitrogen and oxygen atoms in total. The quantitative estimate of drug-likeness (QED) is 0.672. The third kappa shape index (κ3) is 4.25. The summed E-state index contributed by atoms with van der Waals surface area (Å²) in [5, 5.41) is 3.56. The molecule has 3 aromatic rings. The van der Waals surface area contributed by atoms with Gasteiger partial charge in [0.05, 0.1) is 17.1 Å². The molecular formula is C24H25N5. The van der Waals surface area contributed by atoms with Gasteiger partial charge in [-0.3, -0.25) is 19.9 Å². The largest absolute Gasteiger partial charge is 0.383 e. The Morgan fingerprint density at radius 2 is 1.48 bits per heavy atom. The van der Waals surface area contributed by atoms with Crippen molar-refractivity contribution in [3.8, 4) is 0 Å². The lowest BCUT2D eigenvalue weighted by molar-refractivity contribution is 0.102. The first kappa shape index (κ1) is 19.0. The molecular weight excluding hydrogens is 358 g/mol. The van der Waals surface area contributed by atoms with E-state index in [1.54, 1.807) is 0 Å². The minimum absolute atomic E-state index is 0.471. The summed E-state index contributed by atoms with van der Waals surface area (Å²) in [6.07, 6.45) is 11.9. The van der Waals surface area contributed by atoms with Crippen molar-refractivity contribution in [2.75, 3.05) is 6.54 Å². The molecule has 5 heteroatoms. The molecule has 4 heterocycles. The van der Waals surface area contributed by atoms with E-state index in [2.05, 4.69) is 63.5 Å². The number of allylic oxidation sites excluding steroid dienone is 2. The van der Waals surface area contributed by atoms with E-state index in [1.807, 2.05) is 55.0 Å². The van der Waals surface area contributed by atoms with E-state index < -0.39 is 5.54 Å². The van der Waals surface area contributed by atoms with E-state index in [1.165, 1.54) is 0 Å². The van der Waals surface area contributed by atoms with Crippen LogP contribution in [0.25, 0.3) is 0 Å². The van der Waals surface area contributed by atoms with Crippen molar-refractivity contribution in [3.63, 3.8) is 0 Å². The second-order valence-corrected chi connectivity index (χ2v) is 7.17. The predicted molar refractivity (Wildman–Crippen MR) is 115 cm³/mol. The van der Waals surface area contributed by atoms with Gasteiger partial charge in [0.2, 0.25) is 0 Å². The number of pyridine rings is 3. The zero-order valence-corrected chi connectivity index (χ0v) is 16.6. The summed E-state index contributed by atoms with van der Waals surface area (Å²) in [6.45, 7) is 4.37. The van der Waals surface area contributed by atoms with Gasteiger partial charge >= 0.3 is 0 Å². The number of nitrogens with one attached hydrogen (secondary N) is 1. The van der Waals surface area contributed by atoms with Gasteiger partial charge in [0.15, 0.2) is 0 Å². The predicted octanol–water partition coefficient (Wildman–Crippen LogP) is 3.83. The molecule has 0 bridgehead atoms. The van der Waals surface area contributed by atoms with Crippen LogP contribution >= 0.6 is 0 Å². The number of rotatable bonds is 7. The van der Waals surface area contributed by atoms with Crippen LogP contribution in [0.5, 0.6) is 0 Å². The van der Waals surface area contributed by atoms with Crippen LogP contribution in [0.3, 0.4) is 0 Å². The first-order valence-corrected chi connectivity index (χ1v) is 9.84. The Labute approximate surface area is 171 Å². The Morgan fingerprint density at radius 1 is 0.862 bits per heavy atom. The second-order valence-electron chi connectivity index (χ2n) is 7.17. The fourth-order valence-electron chi connectivity index (χ4n) is 3.66. The summed E-state index contributed by atoms with van der Waals surface area (Å²) >= 11 is 0. The molecule has 1 unspecified atom stereocenters. The van der Waals surface area contributed by atoms with E-state index in [-0.39, 0.29) is 0 Å². The first-order valence-electron chi connectivity index (χ1n) is 9.84. The lowest BCUT2D eigenvalue weighted by Gasteiger charge is -2.43. The second kappa shape index (κ2) is 8.80. The highest BCUT2D eigenvalue weighted by Gasteiger charge is 2.39. The molecule has 29 heavy (non-hydrogen) atoms. The van der Waals surface area contributed by atoms with Gasteiger partial charge < -0.3 is 5.32 Å². The van der Waals surface area contributed by atoms with Crippen LogP contribution in [0.2, 0.25) is 0 Å². The molecule has 3 aromatic heterocycles. The zero-order chi connectivity index (χ0) is 19.9. The van der Waals surface area contributed by atoms with Gasteiger partial charge in [-0.2, -0.15) is 0 Å². The first-order chi connectivity index (χ1) is 14.3. The fourth-order valence-corrected chi connectivity index (χ4v) is 3.66. The van der Waals surface area contributed by atoms with E-state index in [9.17, 15) is 0 Å². The molecule has 0 saturated carbocycles. The molecule has 1 aliphatic rings. The van der Waals surface area contributed by atoms with Gasteiger partial charge in [-0.25, -0.2) is 0 Å². The molecule has 4 rings (SSSR count). The van der Waals surface area contributed by atoms with Crippen LogP contribution in [0.15, 0.2) is 97.1 Å². The average Bonchev–Trinajstić information content (AvgIpc) is 2.81. The minimum atomic E-state index is -0.471. The van der Waals surface area contributed by atoms with Gasteiger partial charge in [0.1, 0.15) is 5.54 Å². The van der Waals surface area contributed by atoms with Crippen molar-refractivity contribution in [2.24, 2.45) is 0 Å². The van der Waals surface area contributed by atoms with Crippen LogP contribution in [-0.4, -0.2) is 26.4 Å². The summed E-state index contributed by atoms with van der Waals surface area (Å²) in [7, 11) is 0. The number of hydrogen-bond acceptors (Lipinski definition) is 5. The highest BCUT2D eigenvalue weighted by molar-refractivity contribution is 5.34. The number of nitrogens with zero attached hydrogens (tertiary/aromatic N) is 4. The average molecular weight is 383 g/mol. The maximum absolute atomic E-state index is 4.74. The van der Waals surface area contributed by atoms with Crippen molar-refractivity contribution >= 4 is 0 Å². The van der Waals surface area contributed by atoms with Crippen LogP contribution < -0.4 is 5.32 Å². The molecule has 1 aliphatic heterocycles. The van der Waals surface area contributed by atoms with Crippen LogP contribution in [0.4, 0.5) is 0 Å². The highest BCUT2D eigenvalue weighted by atomic mass is 15.2. The monoisotopic (exact) mass is 383 g/mol. The van der Waals surface area contributed by atoms with Crippen LogP contribution in [-0.2, 0) is 18.6 Å². The maximum atomic E-state index is 4.74. The van der Waals surface area contributed by atoms with E-state index in [0.29, 0.717) is 13.1 Å². The number of dihydropyridines is 1. The third-order valence-electron chi connectivity index (χ3n) is 5.29. The summed E-state index contributed by atoms with van der Waals surface area (Å²) in [4.78, 5) is 16.3. The Balaban J connectivity index is 1.80. The molecule has 0 fully saturated rings. The summed E-state index contributed by atoms with van der Waals surface area (Å²) in [6, 6.07) is 18.2. The topological polar surface area (TPSA) is 53.9 Å². The Kier molecular flexibility index (Phi) is 5.77. The molecule has 1 N–H and O–H groups in total. The molecule has 0 spiro atoms. The molecule has 146 valence electrons. The van der Waals surface area contributed by atoms with Gasteiger partial charge in [0, 0.05) is 43.9 Å².